The smallest absolute Gasteiger partial charge is 0.265 e. The molecule has 0 radical (unpaired) electrons. The predicted octanol–water partition coefficient (Wildman–Crippen LogP) is 3.14. The molecule has 2 heterocycles. The standard InChI is InChI=1S/C14H19N3OS/c1-3-4-5-8-17(2)14(18)13-12(15)10-6-7-16-9-11(10)19-13/h6-7,9H,3-5,8,15H2,1-2H3. The zero-order valence-corrected chi connectivity index (χ0v) is 12.2. The predicted molar refractivity (Wildman–Crippen MR) is 80.5 cm³/mol. The molecule has 0 aliphatic rings. The third-order valence-electron chi connectivity index (χ3n) is 3.17. The van der Waals surface area contributed by atoms with E-state index < -0.39 is 0 Å². The van der Waals surface area contributed by atoms with Gasteiger partial charge in [-0.1, -0.05) is 19.8 Å². The second kappa shape index (κ2) is 6.02. The number of nitrogens with two attached hydrogens (primary N) is 1. The minimum atomic E-state index is 0.00908. The van der Waals surface area contributed by atoms with E-state index >= 15 is 0 Å². The lowest BCUT2D eigenvalue weighted by Gasteiger charge is -2.16. The Hall–Kier alpha value is -1.62. The number of unbranched alkanes of at least 4 members (excludes halogenated alkanes) is 2. The molecule has 19 heavy (non-hydrogen) atoms. The highest BCUT2D eigenvalue weighted by atomic mass is 32.1. The lowest BCUT2D eigenvalue weighted by atomic mass is 10.2. The molecular weight excluding hydrogens is 258 g/mol. The molecule has 0 atom stereocenters. The van der Waals surface area contributed by atoms with Crippen LogP contribution in [0.3, 0.4) is 0 Å². The van der Waals surface area contributed by atoms with Crippen LogP contribution in [0.15, 0.2) is 18.5 Å². The van der Waals surface area contributed by atoms with Crippen LogP contribution in [0.4, 0.5) is 5.69 Å². The monoisotopic (exact) mass is 277 g/mol. The molecule has 2 N–H and O–H groups in total. The van der Waals surface area contributed by atoms with Crippen molar-refractivity contribution in [3.63, 3.8) is 0 Å². The maximum absolute atomic E-state index is 12.4. The van der Waals surface area contributed by atoms with Gasteiger partial charge in [0, 0.05) is 31.4 Å². The summed E-state index contributed by atoms with van der Waals surface area (Å²) in [7, 11) is 1.83. The average Bonchev–Trinajstić information content (AvgIpc) is 2.76. The molecule has 0 aliphatic heterocycles. The van der Waals surface area contributed by atoms with Gasteiger partial charge < -0.3 is 10.6 Å². The van der Waals surface area contributed by atoms with Crippen LogP contribution in [0.2, 0.25) is 0 Å². The number of fused-ring (bicyclic) bond motifs is 1. The number of amides is 1. The Bertz CT molecular complexity index is 579. The minimum Gasteiger partial charge on any atom is -0.397 e. The first kappa shape index (κ1) is 13.8. The highest BCUT2D eigenvalue weighted by molar-refractivity contribution is 7.21. The van der Waals surface area contributed by atoms with Crippen molar-refractivity contribution in [1.29, 1.82) is 0 Å². The molecule has 0 aliphatic carbocycles. The van der Waals surface area contributed by atoms with E-state index in [1.54, 1.807) is 17.3 Å². The summed E-state index contributed by atoms with van der Waals surface area (Å²) in [6.07, 6.45) is 6.78. The summed E-state index contributed by atoms with van der Waals surface area (Å²) in [4.78, 5) is 18.8. The Morgan fingerprint density at radius 2 is 2.26 bits per heavy atom. The molecule has 0 fully saturated rings. The molecule has 102 valence electrons. The van der Waals surface area contributed by atoms with E-state index in [0.29, 0.717) is 10.6 Å². The van der Waals surface area contributed by atoms with Gasteiger partial charge in [0.25, 0.3) is 5.91 Å². The fraction of sp³-hybridized carbons (Fsp3) is 0.429. The van der Waals surface area contributed by atoms with Crippen LogP contribution in [-0.2, 0) is 0 Å². The van der Waals surface area contributed by atoms with Crippen LogP contribution in [0.25, 0.3) is 10.1 Å². The molecule has 2 aromatic rings. The minimum absolute atomic E-state index is 0.00908. The molecule has 0 saturated heterocycles. The van der Waals surface area contributed by atoms with Gasteiger partial charge in [-0.15, -0.1) is 11.3 Å². The van der Waals surface area contributed by atoms with Gasteiger partial charge in [0.15, 0.2) is 0 Å². The van der Waals surface area contributed by atoms with E-state index in [-0.39, 0.29) is 5.91 Å². The first-order valence-corrected chi connectivity index (χ1v) is 7.34. The van der Waals surface area contributed by atoms with E-state index in [2.05, 4.69) is 11.9 Å². The van der Waals surface area contributed by atoms with Crippen molar-refractivity contribution in [2.45, 2.75) is 26.2 Å². The summed E-state index contributed by atoms with van der Waals surface area (Å²) in [6, 6.07) is 1.86. The van der Waals surface area contributed by atoms with Crippen LogP contribution in [-0.4, -0.2) is 29.4 Å². The SMILES string of the molecule is CCCCCN(C)C(=O)c1sc2cnccc2c1N. The van der Waals surface area contributed by atoms with Crippen molar-refractivity contribution in [2.75, 3.05) is 19.3 Å². The number of anilines is 1. The van der Waals surface area contributed by atoms with Crippen molar-refractivity contribution < 1.29 is 4.79 Å². The third-order valence-corrected chi connectivity index (χ3v) is 4.31. The van der Waals surface area contributed by atoms with Crippen molar-refractivity contribution in [3.8, 4) is 0 Å². The highest BCUT2D eigenvalue weighted by Gasteiger charge is 2.19. The second-order valence-electron chi connectivity index (χ2n) is 4.65. The Kier molecular flexibility index (Phi) is 4.37. The number of carbonyl (C=O) groups is 1. The van der Waals surface area contributed by atoms with Crippen LogP contribution < -0.4 is 5.73 Å². The van der Waals surface area contributed by atoms with Gasteiger partial charge in [0.05, 0.1) is 10.4 Å². The topological polar surface area (TPSA) is 59.2 Å². The number of thiophene rings is 1. The van der Waals surface area contributed by atoms with Crippen molar-refractivity contribution in [3.05, 3.63) is 23.3 Å². The molecule has 0 saturated carbocycles. The normalized spacial score (nSPS) is 10.8. The van der Waals surface area contributed by atoms with E-state index in [9.17, 15) is 4.79 Å². The molecule has 1 amide bonds. The summed E-state index contributed by atoms with van der Waals surface area (Å²) in [5, 5.41) is 0.922. The van der Waals surface area contributed by atoms with Gasteiger partial charge >= 0.3 is 0 Å². The van der Waals surface area contributed by atoms with Crippen molar-refractivity contribution >= 4 is 33.0 Å². The van der Waals surface area contributed by atoms with Crippen molar-refractivity contribution in [1.82, 2.24) is 9.88 Å². The summed E-state index contributed by atoms with van der Waals surface area (Å²) in [5.74, 6) is 0.00908. The number of hydrogen-bond acceptors (Lipinski definition) is 4. The number of rotatable bonds is 5. The number of nitrogen functional groups attached to an aromatic ring is 1. The highest BCUT2D eigenvalue weighted by Crippen LogP contribution is 2.33. The maximum atomic E-state index is 12.4. The van der Waals surface area contributed by atoms with E-state index in [1.807, 2.05) is 13.1 Å². The first-order chi connectivity index (χ1) is 9.15. The van der Waals surface area contributed by atoms with Gasteiger partial charge in [-0.3, -0.25) is 9.78 Å². The summed E-state index contributed by atoms with van der Waals surface area (Å²) < 4.78 is 0.963. The number of nitrogens with zero attached hydrogens (tertiary/aromatic N) is 2. The Labute approximate surface area is 117 Å². The Balaban J connectivity index is 2.19. The van der Waals surface area contributed by atoms with Gasteiger partial charge in [-0.05, 0) is 12.5 Å². The molecule has 0 aromatic carbocycles. The van der Waals surface area contributed by atoms with Crippen LogP contribution in [0.1, 0.15) is 35.9 Å². The van der Waals surface area contributed by atoms with Gasteiger partial charge in [0.1, 0.15) is 4.88 Å². The number of aromatic nitrogens is 1. The molecule has 2 aromatic heterocycles. The molecule has 5 heteroatoms. The molecule has 0 unspecified atom stereocenters. The Morgan fingerprint density at radius 3 is 2.95 bits per heavy atom. The lowest BCUT2D eigenvalue weighted by molar-refractivity contribution is 0.0798. The average molecular weight is 277 g/mol. The molecular formula is C14H19N3OS. The molecule has 0 bridgehead atoms. The third kappa shape index (κ3) is 2.87. The molecule has 4 nitrogen and oxygen atoms in total. The van der Waals surface area contributed by atoms with Crippen LogP contribution >= 0.6 is 11.3 Å². The van der Waals surface area contributed by atoms with E-state index in [1.165, 1.54) is 11.3 Å². The fourth-order valence-electron chi connectivity index (χ4n) is 2.00. The quantitative estimate of drug-likeness (QED) is 0.854. The van der Waals surface area contributed by atoms with Crippen molar-refractivity contribution in [2.24, 2.45) is 0 Å². The van der Waals surface area contributed by atoms with Gasteiger partial charge in [-0.25, -0.2) is 0 Å². The van der Waals surface area contributed by atoms with Crippen LogP contribution in [0, 0.1) is 0 Å². The number of carbonyl (C=O) groups excluding carboxylic acids is 1. The Morgan fingerprint density at radius 1 is 1.47 bits per heavy atom. The summed E-state index contributed by atoms with van der Waals surface area (Å²) in [6.45, 7) is 2.93. The summed E-state index contributed by atoms with van der Waals surface area (Å²) >= 11 is 1.42. The van der Waals surface area contributed by atoms with E-state index in [0.717, 1.165) is 35.9 Å². The maximum Gasteiger partial charge on any atom is 0.265 e. The van der Waals surface area contributed by atoms with E-state index in [4.69, 9.17) is 5.73 Å². The number of hydrogen-bond donors (Lipinski definition) is 1. The second-order valence-corrected chi connectivity index (χ2v) is 5.70. The lowest BCUT2D eigenvalue weighted by Crippen LogP contribution is -2.27. The summed E-state index contributed by atoms with van der Waals surface area (Å²) in [5.41, 5.74) is 6.65. The van der Waals surface area contributed by atoms with Crippen LogP contribution in [0.5, 0.6) is 0 Å². The van der Waals surface area contributed by atoms with Gasteiger partial charge in [0.2, 0.25) is 0 Å². The number of pyridine rings is 1. The van der Waals surface area contributed by atoms with Gasteiger partial charge in [-0.2, -0.15) is 0 Å². The first-order valence-electron chi connectivity index (χ1n) is 6.52. The molecule has 0 spiro atoms. The fourth-order valence-corrected chi connectivity index (χ4v) is 3.09. The zero-order valence-electron chi connectivity index (χ0n) is 11.3. The molecule has 2 rings (SSSR count). The zero-order chi connectivity index (χ0) is 13.8. The largest absolute Gasteiger partial charge is 0.397 e.